The van der Waals surface area contributed by atoms with E-state index in [4.69, 9.17) is 0 Å². The molecule has 1 aromatic heterocycles. The topological polar surface area (TPSA) is 105 Å². The van der Waals surface area contributed by atoms with Crippen molar-refractivity contribution in [2.45, 2.75) is 31.6 Å². The molecule has 0 saturated carbocycles. The maximum absolute atomic E-state index is 12.7. The Morgan fingerprint density at radius 1 is 1.13 bits per heavy atom. The third-order valence-electron chi connectivity index (χ3n) is 4.88. The molecule has 0 atom stereocenters. The number of carbonyl (C=O) groups excluding carboxylic acids is 1. The highest BCUT2D eigenvalue weighted by Gasteiger charge is 2.23. The fourth-order valence-electron chi connectivity index (χ4n) is 3.17. The predicted octanol–water partition coefficient (Wildman–Crippen LogP) is 3.18. The van der Waals surface area contributed by atoms with Gasteiger partial charge in [0, 0.05) is 25.7 Å². The maximum atomic E-state index is 12.7. The number of nitrogens with zero attached hydrogens (tertiary/aromatic N) is 3. The number of hydrogen-bond donors (Lipinski definition) is 2. The zero-order valence-corrected chi connectivity index (χ0v) is 18.3. The summed E-state index contributed by atoms with van der Waals surface area (Å²) in [6.07, 6.45) is 4.18. The Morgan fingerprint density at radius 2 is 1.84 bits per heavy atom. The normalized spacial score (nSPS) is 11.6. The molecule has 8 nitrogen and oxygen atoms in total. The van der Waals surface area contributed by atoms with Crippen LogP contribution in [0.15, 0.2) is 65.8 Å². The summed E-state index contributed by atoms with van der Waals surface area (Å²) < 4.78 is 28.4. The van der Waals surface area contributed by atoms with E-state index in [1.54, 1.807) is 24.7 Å². The number of hydrogen-bond acceptors (Lipinski definition) is 5. The van der Waals surface area contributed by atoms with Gasteiger partial charge in [-0.05, 0) is 42.3 Å². The van der Waals surface area contributed by atoms with Gasteiger partial charge in [0.1, 0.15) is 5.75 Å². The Bertz CT molecular complexity index is 1140. The quantitative estimate of drug-likeness (QED) is 0.495. The number of aromatic hydroxyl groups is 1. The molecule has 164 valence electrons. The van der Waals surface area contributed by atoms with Crippen molar-refractivity contribution in [2.24, 2.45) is 0 Å². The second-order valence-corrected chi connectivity index (χ2v) is 8.88. The molecule has 0 saturated heterocycles. The van der Waals surface area contributed by atoms with Gasteiger partial charge in [-0.3, -0.25) is 4.79 Å². The highest BCUT2D eigenvalue weighted by molar-refractivity contribution is 7.89. The Morgan fingerprint density at radius 3 is 2.52 bits per heavy atom. The molecule has 2 N–H and O–H groups in total. The molecular formula is C22H26N4O4S. The highest BCUT2D eigenvalue weighted by atomic mass is 32.2. The van der Waals surface area contributed by atoms with E-state index in [-0.39, 0.29) is 28.7 Å². The largest absolute Gasteiger partial charge is 0.506 e. The second-order valence-electron chi connectivity index (χ2n) is 6.95. The van der Waals surface area contributed by atoms with Crippen molar-refractivity contribution < 1.29 is 18.3 Å². The molecule has 0 bridgehead atoms. The fourth-order valence-corrected chi connectivity index (χ4v) is 4.65. The lowest BCUT2D eigenvalue weighted by Crippen LogP contribution is -2.30. The summed E-state index contributed by atoms with van der Waals surface area (Å²) in [5.74, 6) is -0.524. The average Bonchev–Trinajstić information content (AvgIpc) is 3.24. The van der Waals surface area contributed by atoms with Gasteiger partial charge in [-0.25, -0.2) is 13.1 Å². The maximum Gasteiger partial charge on any atom is 0.243 e. The summed E-state index contributed by atoms with van der Waals surface area (Å²) in [6, 6.07) is 13.5. The van der Waals surface area contributed by atoms with Crippen molar-refractivity contribution in [3.05, 3.63) is 66.5 Å². The van der Waals surface area contributed by atoms with E-state index in [0.717, 1.165) is 11.3 Å². The summed E-state index contributed by atoms with van der Waals surface area (Å²) in [5, 5.41) is 17.0. The van der Waals surface area contributed by atoms with Crippen LogP contribution in [0.3, 0.4) is 0 Å². The van der Waals surface area contributed by atoms with E-state index in [1.807, 2.05) is 36.5 Å². The van der Waals surface area contributed by atoms with E-state index in [9.17, 15) is 18.3 Å². The number of phenols is 1. The minimum absolute atomic E-state index is 0.0217. The predicted molar refractivity (Wildman–Crippen MR) is 119 cm³/mol. The van der Waals surface area contributed by atoms with E-state index in [1.165, 1.54) is 22.5 Å². The number of sulfonamides is 1. The fraction of sp³-hybridized carbons (Fsp3) is 0.273. The molecule has 0 aliphatic rings. The number of nitrogens with one attached hydrogen (secondary N) is 1. The van der Waals surface area contributed by atoms with Gasteiger partial charge in [0.05, 0.1) is 22.5 Å². The summed E-state index contributed by atoms with van der Waals surface area (Å²) >= 11 is 0. The third-order valence-corrected chi connectivity index (χ3v) is 6.93. The lowest BCUT2D eigenvalue weighted by molar-refractivity contribution is -0.116. The third kappa shape index (κ3) is 5.31. The molecule has 0 unspecified atom stereocenters. The number of aryl methyl sites for hydroxylation is 1. The van der Waals surface area contributed by atoms with Crippen molar-refractivity contribution >= 4 is 21.6 Å². The minimum Gasteiger partial charge on any atom is -0.506 e. The van der Waals surface area contributed by atoms with Gasteiger partial charge < -0.3 is 10.4 Å². The van der Waals surface area contributed by atoms with Gasteiger partial charge in [0.15, 0.2) is 0 Å². The molecule has 2 aromatic carbocycles. The number of aromatic nitrogens is 2. The van der Waals surface area contributed by atoms with Crippen LogP contribution in [-0.2, 0) is 21.2 Å². The van der Waals surface area contributed by atoms with Crippen molar-refractivity contribution in [3.8, 4) is 11.4 Å². The standard InChI is InChI=1S/C22H26N4O4S/c1-3-25(4-2)31(29,30)19-11-12-21(27)20(14-19)24-22(28)13-10-17-15-23-26(16-17)18-8-6-5-7-9-18/h5-9,11-12,14-16,27H,3-4,10,13H2,1-2H3,(H,24,28). The first-order valence-corrected chi connectivity index (χ1v) is 11.5. The molecule has 0 aliphatic carbocycles. The van der Waals surface area contributed by atoms with Crippen molar-refractivity contribution in [1.29, 1.82) is 0 Å². The Labute approximate surface area is 182 Å². The smallest absolute Gasteiger partial charge is 0.243 e. The van der Waals surface area contributed by atoms with Crippen LogP contribution < -0.4 is 5.32 Å². The van der Waals surface area contributed by atoms with Crippen LogP contribution in [-0.4, -0.2) is 46.6 Å². The first-order valence-electron chi connectivity index (χ1n) is 10.1. The van der Waals surface area contributed by atoms with Gasteiger partial charge in [0.2, 0.25) is 15.9 Å². The average molecular weight is 443 g/mol. The van der Waals surface area contributed by atoms with Crippen LogP contribution >= 0.6 is 0 Å². The van der Waals surface area contributed by atoms with Crippen LogP contribution in [0.2, 0.25) is 0 Å². The van der Waals surface area contributed by atoms with Crippen LogP contribution in [0, 0.1) is 0 Å². The Kier molecular flexibility index (Phi) is 7.09. The lowest BCUT2D eigenvalue weighted by Gasteiger charge is -2.19. The Balaban J connectivity index is 1.66. The van der Waals surface area contributed by atoms with Gasteiger partial charge in [-0.1, -0.05) is 32.0 Å². The summed E-state index contributed by atoms with van der Waals surface area (Å²) in [5.41, 5.74) is 1.88. The number of carbonyl (C=O) groups is 1. The molecule has 31 heavy (non-hydrogen) atoms. The number of rotatable bonds is 9. The van der Waals surface area contributed by atoms with Gasteiger partial charge in [-0.2, -0.15) is 9.40 Å². The molecule has 1 heterocycles. The van der Waals surface area contributed by atoms with E-state index in [0.29, 0.717) is 19.5 Å². The summed E-state index contributed by atoms with van der Waals surface area (Å²) in [6.45, 7) is 4.17. The molecule has 0 radical (unpaired) electrons. The number of amides is 1. The van der Waals surface area contributed by atoms with E-state index < -0.39 is 10.0 Å². The zero-order chi connectivity index (χ0) is 22.4. The summed E-state index contributed by atoms with van der Waals surface area (Å²) in [4.78, 5) is 12.4. The molecule has 9 heteroatoms. The highest BCUT2D eigenvalue weighted by Crippen LogP contribution is 2.28. The Hall–Kier alpha value is -3.17. The minimum atomic E-state index is -3.70. The van der Waals surface area contributed by atoms with Crippen LogP contribution in [0.4, 0.5) is 5.69 Å². The number of para-hydroxylation sites is 1. The van der Waals surface area contributed by atoms with E-state index >= 15 is 0 Å². The second kappa shape index (κ2) is 9.76. The molecular weight excluding hydrogens is 416 g/mol. The lowest BCUT2D eigenvalue weighted by atomic mass is 10.2. The number of anilines is 1. The van der Waals surface area contributed by atoms with Gasteiger partial charge >= 0.3 is 0 Å². The SMILES string of the molecule is CCN(CC)S(=O)(=O)c1ccc(O)c(NC(=O)CCc2cnn(-c3ccccc3)c2)c1. The zero-order valence-electron chi connectivity index (χ0n) is 17.5. The first-order chi connectivity index (χ1) is 14.8. The van der Waals surface area contributed by atoms with Crippen molar-refractivity contribution in [1.82, 2.24) is 14.1 Å². The van der Waals surface area contributed by atoms with Crippen LogP contribution in [0.1, 0.15) is 25.8 Å². The molecule has 3 rings (SSSR count). The molecule has 0 aliphatic heterocycles. The van der Waals surface area contributed by atoms with Crippen molar-refractivity contribution in [3.63, 3.8) is 0 Å². The molecule has 0 spiro atoms. The molecule has 1 amide bonds. The van der Waals surface area contributed by atoms with E-state index in [2.05, 4.69) is 10.4 Å². The summed E-state index contributed by atoms with van der Waals surface area (Å²) in [7, 11) is -3.70. The van der Waals surface area contributed by atoms with Gasteiger partial charge in [-0.15, -0.1) is 0 Å². The molecule has 0 fully saturated rings. The number of benzene rings is 2. The monoisotopic (exact) mass is 442 g/mol. The van der Waals surface area contributed by atoms with Gasteiger partial charge in [0.25, 0.3) is 0 Å². The van der Waals surface area contributed by atoms with Crippen LogP contribution in [0.5, 0.6) is 5.75 Å². The first kappa shape index (κ1) is 22.5. The number of phenolic OH excluding ortho intramolecular Hbond substituents is 1. The molecule has 3 aromatic rings. The van der Waals surface area contributed by atoms with Crippen molar-refractivity contribution in [2.75, 3.05) is 18.4 Å². The van der Waals surface area contributed by atoms with Crippen LogP contribution in [0.25, 0.3) is 5.69 Å².